The highest BCUT2D eigenvalue weighted by Gasteiger charge is 2.23. The Morgan fingerprint density at radius 2 is 2.07 bits per heavy atom. The third-order valence-electron chi connectivity index (χ3n) is 2.86. The molecule has 0 radical (unpaired) electrons. The monoisotopic (exact) mass is 219 g/mol. The largest absolute Gasteiger partial charge is 0.213 e. The molecule has 4 heteroatoms. The van der Waals surface area contributed by atoms with Crippen LogP contribution in [0.3, 0.4) is 0 Å². The van der Waals surface area contributed by atoms with Crippen LogP contribution in [0.15, 0.2) is 0 Å². The summed E-state index contributed by atoms with van der Waals surface area (Å²) in [7, 11) is -3.01. The molecule has 14 heavy (non-hydrogen) atoms. The second kappa shape index (κ2) is 5.12. The first-order valence-corrected chi connectivity index (χ1v) is 7.37. The van der Waals surface area contributed by atoms with Crippen LogP contribution < -0.4 is 4.72 Å². The van der Waals surface area contributed by atoms with Gasteiger partial charge >= 0.3 is 0 Å². The average Bonchev–Trinajstić information content (AvgIpc) is 2.02. The van der Waals surface area contributed by atoms with Crippen LogP contribution in [-0.4, -0.2) is 20.7 Å². The Hall–Kier alpha value is -0.0900. The zero-order chi connectivity index (χ0) is 10.6. The zero-order valence-corrected chi connectivity index (χ0v) is 9.94. The van der Waals surface area contributed by atoms with E-state index < -0.39 is 10.0 Å². The zero-order valence-electron chi connectivity index (χ0n) is 9.12. The molecule has 2 atom stereocenters. The molecule has 0 bridgehead atoms. The summed E-state index contributed by atoms with van der Waals surface area (Å²) < 4.78 is 24.8. The summed E-state index contributed by atoms with van der Waals surface area (Å²) in [5.41, 5.74) is 0. The van der Waals surface area contributed by atoms with Gasteiger partial charge in [0.2, 0.25) is 10.0 Å². The van der Waals surface area contributed by atoms with E-state index in [1.165, 1.54) is 25.5 Å². The number of hydrogen-bond acceptors (Lipinski definition) is 2. The van der Waals surface area contributed by atoms with E-state index in [0.717, 1.165) is 25.2 Å². The Kier molecular flexibility index (Phi) is 4.38. The van der Waals surface area contributed by atoms with Gasteiger partial charge in [-0.3, -0.25) is 0 Å². The lowest BCUT2D eigenvalue weighted by molar-refractivity contribution is 0.292. The summed E-state index contributed by atoms with van der Waals surface area (Å²) >= 11 is 0. The molecule has 1 saturated carbocycles. The minimum Gasteiger partial charge on any atom is -0.213 e. The predicted molar refractivity (Wildman–Crippen MR) is 58.6 cm³/mol. The van der Waals surface area contributed by atoms with Crippen LogP contribution >= 0.6 is 0 Å². The van der Waals surface area contributed by atoms with Crippen LogP contribution in [0, 0.1) is 5.92 Å². The van der Waals surface area contributed by atoms with Crippen molar-refractivity contribution >= 4 is 10.0 Å². The Bertz CT molecular complexity index is 259. The second-order valence-electron chi connectivity index (χ2n) is 4.41. The Morgan fingerprint density at radius 3 is 2.64 bits per heavy atom. The number of hydrogen-bond donors (Lipinski definition) is 1. The molecule has 2 unspecified atom stereocenters. The fourth-order valence-corrected chi connectivity index (χ4v) is 3.19. The standard InChI is InChI=1S/C10H21NO2S/c1-3-5-9-6-4-7-10(8-9)11-14(2,12)13/h9-11H,3-8H2,1-2H3. The number of sulfonamides is 1. The summed E-state index contributed by atoms with van der Waals surface area (Å²) in [6.45, 7) is 2.19. The molecule has 1 N–H and O–H groups in total. The maximum Gasteiger partial charge on any atom is 0.208 e. The van der Waals surface area contributed by atoms with Gasteiger partial charge in [-0.1, -0.05) is 32.6 Å². The molecular weight excluding hydrogens is 198 g/mol. The molecular formula is C10H21NO2S. The lowest BCUT2D eigenvalue weighted by atomic mass is 9.84. The quantitative estimate of drug-likeness (QED) is 0.785. The first kappa shape index (κ1) is 12.0. The van der Waals surface area contributed by atoms with Gasteiger partial charge in [0.15, 0.2) is 0 Å². The van der Waals surface area contributed by atoms with Crippen molar-refractivity contribution in [1.29, 1.82) is 0 Å². The lowest BCUT2D eigenvalue weighted by Crippen LogP contribution is -2.37. The van der Waals surface area contributed by atoms with E-state index in [9.17, 15) is 8.42 Å². The molecule has 0 aromatic carbocycles. The molecule has 0 aromatic rings. The maximum absolute atomic E-state index is 11.1. The van der Waals surface area contributed by atoms with Crippen molar-refractivity contribution in [3.05, 3.63) is 0 Å². The van der Waals surface area contributed by atoms with Gasteiger partial charge in [-0.25, -0.2) is 13.1 Å². The van der Waals surface area contributed by atoms with Crippen molar-refractivity contribution in [2.75, 3.05) is 6.26 Å². The Balaban J connectivity index is 2.40. The molecule has 1 fully saturated rings. The first-order chi connectivity index (χ1) is 6.51. The van der Waals surface area contributed by atoms with Gasteiger partial charge in [0.25, 0.3) is 0 Å². The average molecular weight is 219 g/mol. The minimum atomic E-state index is -3.01. The van der Waals surface area contributed by atoms with Gasteiger partial charge < -0.3 is 0 Å². The van der Waals surface area contributed by atoms with Gasteiger partial charge in [0.05, 0.1) is 6.26 Å². The molecule has 0 heterocycles. The van der Waals surface area contributed by atoms with E-state index in [2.05, 4.69) is 11.6 Å². The molecule has 0 spiro atoms. The summed E-state index contributed by atoms with van der Waals surface area (Å²) in [5, 5.41) is 0. The summed E-state index contributed by atoms with van der Waals surface area (Å²) in [6.07, 6.45) is 8.16. The summed E-state index contributed by atoms with van der Waals surface area (Å²) in [6, 6.07) is 0.190. The van der Waals surface area contributed by atoms with Crippen molar-refractivity contribution in [3.63, 3.8) is 0 Å². The fourth-order valence-electron chi connectivity index (χ4n) is 2.37. The van der Waals surface area contributed by atoms with Crippen LogP contribution in [0.1, 0.15) is 45.4 Å². The molecule has 84 valence electrons. The minimum absolute atomic E-state index is 0.190. The highest BCUT2D eigenvalue weighted by atomic mass is 32.2. The molecule has 0 saturated heterocycles. The molecule has 1 rings (SSSR count). The second-order valence-corrected chi connectivity index (χ2v) is 6.19. The molecule has 0 amide bonds. The van der Waals surface area contributed by atoms with E-state index in [0.29, 0.717) is 0 Å². The molecule has 1 aliphatic carbocycles. The van der Waals surface area contributed by atoms with E-state index in [-0.39, 0.29) is 6.04 Å². The third kappa shape index (κ3) is 4.42. The normalized spacial score (nSPS) is 29.0. The molecule has 3 nitrogen and oxygen atoms in total. The number of nitrogens with one attached hydrogen (secondary N) is 1. The van der Waals surface area contributed by atoms with Crippen LogP contribution in [0.25, 0.3) is 0 Å². The van der Waals surface area contributed by atoms with Crippen LogP contribution in [-0.2, 0) is 10.0 Å². The van der Waals surface area contributed by atoms with Crippen LogP contribution in [0.5, 0.6) is 0 Å². The van der Waals surface area contributed by atoms with Crippen molar-refractivity contribution in [3.8, 4) is 0 Å². The van der Waals surface area contributed by atoms with Crippen molar-refractivity contribution in [2.24, 2.45) is 5.92 Å². The summed E-state index contributed by atoms with van der Waals surface area (Å²) in [5.74, 6) is 0.730. The summed E-state index contributed by atoms with van der Waals surface area (Å²) in [4.78, 5) is 0. The highest BCUT2D eigenvalue weighted by Crippen LogP contribution is 2.27. The van der Waals surface area contributed by atoms with Crippen molar-refractivity contribution in [2.45, 2.75) is 51.5 Å². The van der Waals surface area contributed by atoms with E-state index in [1.54, 1.807) is 0 Å². The van der Waals surface area contributed by atoms with Crippen LogP contribution in [0.4, 0.5) is 0 Å². The SMILES string of the molecule is CCCC1CCCC(NS(C)(=O)=O)C1. The maximum atomic E-state index is 11.1. The number of rotatable bonds is 4. The smallest absolute Gasteiger partial charge is 0.208 e. The van der Waals surface area contributed by atoms with Crippen molar-refractivity contribution in [1.82, 2.24) is 4.72 Å². The van der Waals surface area contributed by atoms with Gasteiger partial charge in [-0.15, -0.1) is 0 Å². The van der Waals surface area contributed by atoms with Crippen molar-refractivity contribution < 1.29 is 8.42 Å². The van der Waals surface area contributed by atoms with E-state index >= 15 is 0 Å². The molecule has 0 aromatic heterocycles. The van der Waals surface area contributed by atoms with E-state index in [1.807, 2.05) is 0 Å². The molecule has 0 aliphatic heterocycles. The predicted octanol–water partition coefficient (Wildman–Crippen LogP) is 1.89. The Morgan fingerprint density at radius 1 is 1.36 bits per heavy atom. The van der Waals surface area contributed by atoms with Gasteiger partial charge in [0, 0.05) is 6.04 Å². The molecule has 1 aliphatic rings. The van der Waals surface area contributed by atoms with Gasteiger partial charge in [0.1, 0.15) is 0 Å². The van der Waals surface area contributed by atoms with E-state index in [4.69, 9.17) is 0 Å². The fraction of sp³-hybridized carbons (Fsp3) is 1.00. The first-order valence-electron chi connectivity index (χ1n) is 5.48. The van der Waals surface area contributed by atoms with Gasteiger partial charge in [-0.2, -0.15) is 0 Å². The van der Waals surface area contributed by atoms with Crippen LogP contribution in [0.2, 0.25) is 0 Å². The highest BCUT2D eigenvalue weighted by molar-refractivity contribution is 7.88. The lowest BCUT2D eigenvalue weighted by Gasteiger charge is -2.28. The van der Waals surface area contributed by atoms with Gasteiger partial charge in [-0.05, 0) is 18.8 Å². The Labute approximate surface area is 87.3 Å². The third-order valence-corrected chi connectivity index (χ3v) is 3.62. The topological polar surface area (TPSA) is 46.2 Å².